The number of carbonyl (C=O) groups excluding carboxylic acids is 1. The lowest BCUT2D eigenvalue weighted by Crippen LogP contribution is -2.41. The summed E-state index contributed by atoms with van der Waals surface area (Å²) < 4.78 is 0. The second kappa shape index (κ2) is 10.5. The Morgan fingerprint density at radius 3 is 2.76 bits per heavy atom. The van der Waals surface area contributed by atoms with Gasteiger partial charge in [-0.25, -0.2) is 0 Å². The molecule has 0 unspecified atom stereocenters. The van der Waals surface area contributed by atoms with Gasteiger partial charge in [0, 0.05) is 42.1 Å². The number of para-hydroxylation sites is 1. The monoisotopic (exact) mass is 563 g/mol. The van der Waals surface area contributed by atoms with Gasteiger partial charge >= 0.3 is 0 Å². The lowest BCUT2D eigenvalue weighted by molar-refractivity contribution is 0.103. The first-order valence-corrected chi connectivity index (χ1v) is 14.9. The Kier molecular flexibility index (Phi) is 6.51. The van der Waals surface area contributed by atoms with Crippen molar-refractivity contribution >= 4 is 56.6 Å². The Morgan fingerprint density at radius 2 is 1.88 bits per heavy atom. The minimum Gasteiger partial charge on any atom is -0.380 e. The molecule has 1 fully saturated rings. The Labute approximate surface area is 240 Å². The fourth-order valence-electron chi connectivity index (χ4n) is 6.07. The van der Waals surface area contributed by atoms with Gasteiger partial charge in [0.15, 0.2) is 0 Å². The number of amides is 1. The number of hydrogen-bond acceptors (Lipinski definition) is 8. The molecule has 3 aromatic carbocycles. The summed E-state index contributed by atoms with van der Waals surface area (Å²) in [5.41, 5.74) is 5.58. The van der Waals surface area contributed by atoms with Crippen LogP contribution in [0.2, 0.25) is 0 Å². The molecule has 2 aliphatic rings. The number of fused-ring (bicyclic) bond motifs is 2. The van der Waals surface area contributed by atoms with Crippen LogP contribution in [0, 0.1) is 0 Å². The van der Waals surface area contributed by atoms with Crippen molar-refractivity contribution in [2.75, 3.05) is 27.4 Å². The van der Waals surface area contributed by atoms with Gasteiger partial charge in [-0.05, 0) is 72.2 Å². The van der Waals surface area contributed by atoms with Crippen LogP contribution in [0.5, 0.6) is 0 Å². The largest absolute Gasteiger partial charge is 0.380 e. The van der Waals surface area contributed by atoms with Gasteiger partial charge in [0.25, 0.3) is 16.8 Å². The molecule has 2 aromatic heterocycles. The Morgan fingerprint density at radius 1 is 1.02 bits per heavy atom. The van der Waals surface area contributed by atoms with Gasteiger partial charge in [-0.15, -0.1) is 11.3 Å². The van der Waals surface area contributed by atoms with Crippen LogP contribution in [0.4, 0.5) is 28.4 Å². The second-order valence-corrected chi connectivity index (χ2v) is 11.6. The molecule has 7 rings (SSSR count). The van der Waals surface area contributed by atoms with Crippen LogP contribution in [0.15, 0.2) is 75.8 Å². The van der Waals surface area contributed by atoms with Crippen molar-refractivity contribution in [3.8, 4) is 0 Å². The number of hydrogen-bond donors (Lipinski definition) is 3. The van der Waals surface area contributed by atoms with Crippen LogP contribution in [-0.4, -0.2) is 23.5 Å². The van der Waals surface area contributed by atoms with Gasteiger partial charge in [0.1, 0.15) is 16.3 Å². The highest BCUT2D eigenvalue weighted by Gasteiger charge is 2.32. The van der Waals surface area contributed by atoms with Crippen molar-refractivity contribution in [1.29, 1.82) is 0 Å². The highest BCUT2D eigenvalue weighted by molar-refractivity contribution is 7.12. The van der Waals surface area contributed by atoms with E-state index in [-0.39, 0.29) is 11.9 Å². The summed E-state index contributed by atoms with van der Waals surface area (Å²) in [5, 5.41) is 12.8. The van der Waals surface area contributed by atoms with Gasteiger partial charge < -0.3 is 20.9 Å². The zero-order valence-electron chi connectivity index (χ0n) is 22.4. The quantitative estimate of drug-likeness (QED) is 0.205. The third-order valence-corrected chi connectivity index (χ3v) is 9.08. The first-order valence-electron chi connectivity index (χ1n) is 14.0. The number of thiophene rings is 1. The number of nitrogens with zero attached hydrogens (tertiary/aromatic N) is 2. The molecule has 0 atom stereocenters. The summed E-state index contributed by atoms with van der Waals surface area (Å²) in [6.07, 6.45) is 6.88. The third-order valence-electron chi connectivity index (χ3n) is 8.17. The molecule has 5 aromatic rings. The first kappa shape index (κ1) is 25.5. The summed E-state index contributed by atoms with van der Waals surface area (Å²) in [4.78, 5) is 45.2. The van der Waals surface area contributed by atoms with Crippen molar-refractivity contribution in [1.82, 2.24) is 4.98 Å². The van der Waals surface area contributed by atoms with E-state index in [1.54, 1.807) is 6.20 Å². The highest BCUT2D eigenvalue weighted by atomic mass is 32.1. The zero-order valence-corrected chi connectivity index (χ0v) is 23.2. The number of rotatable bonds is 8. The van der Waals surface area contributed by atoms with Crippen LogP contribution in [-0.2, 0) is 13.0 Å². The van der Waals surface area contributed by atoms with E-state index in [0.29, 0.717) is 35.0 Å². The van der Waals surface area contributed by atoms with E-state index in [9.17, 15) is 14.4 Å². The third kappa shape index (κ3) is 4.66. The number of carbonyl (C=O) groups is 1. The molecule has 1 aliphatic carbocycles. The van der Waals surface area contributed by atoms with Gasteiger partial charge in [-0.3, -0.25) is 19.4 Å². The van der Waals surface area contributed by atoms with Crippen molar-refractivity contribution < 1.29 is 4.79 Å². The summed E-state index contributed by atoms with van der Waals surface area (Å²) >= 11 is 1.39. The summed E-state index contributed by atoms with van der Waals surface area (Å²) in [6, 6.07) is 17.9. The van der Waals surface area contributed by atoms with E-state index >= 15 is 0 Å². The summed E-state index contributed by atoms with van der Waals surface area (Å²) in [6.45, 7) is 1.20. The van der Waals surface area contributed by atoms with Gasteiger partial charge in [0.2, 0.25) is 0 Å². The highest BCUT2D eigenvalue weighted by Crippen LogP contribution is 2.38. The van der Waals surface area contributed by atoms with E-state index < -0.39 is 10.9 Å². The number of benzene rings is 2. The van der Waals surface area contributed by atoms with Crippen LogP contribution < -0.4 is 31.7 Å². The van der Waals surface area contributed by atoms with Gasteiger partial charge in [0.05, 0.1) is 11.2 Å². The average molecular weight is 564 g/mol. The lowest BCUT2D eigenvalue weighted by Gasteiger charge is -2.25. The normalized spacial score (nSPS) is 15.0. The van der Waals surface area contributed by atoms with E-state index in [1.165, 1.54) is 11.3 Å². The maximum Gasteiger partial charge on any atom is 0.267 e. The number of pyridine rings is 1. The second-order valence-electron chi connectivity index (χ2n) is 10.7. The van der Waals surface area contributed by atoms with Crippen LogP contribution in [0.3, 0.4) is 0 Å². The SMILES string of the molecule is O=C(Nc1ccc2c(c1)CCN2c1c(NC2CCCC2)c(=O)c1=O)c1sccc1NCc1ccnc2ccccc12. The molecule has 206 valence electrons. The molecule has 3 N–H and O–H groups in total. The topological polar surface area (TPSA) is 103 Å². The molecule has 1 aliphatic heterocycles. The molecule has 9 heteroatoms. The molecule has 41 heavy (non-hydrogen) atoms. The smallest absolute Gasteiger partial charge is 0.267 e. The van der Waals surface area contributed by atoms with Crippen LogP contribution in [0.1, 0.15) is 46.5 Å². The van der Waals surface area contributed by atoms with E-state index in [2.05, 4.69) is 27.0 Å². The number of anilines is 5. The number of aromatic nitrogens is 1. The van der Waals surface area contributed by atoms with E-state index in [1.807, 2.05) is 58.8 Å². The molecule has 0 spiro atoms. The summed E-state index contributed by atoms with van der Waals surface area (Å²) in [7, 11) is 0. The zero-order chi connectivity index (χ0) is 27.9. The molecule has 3 heterocycles. The Hall–Kier alpha value is -4.50. The molecular weight excluding hydrogens is 534 g/mol. The van der Waals surface area contributed by atoms with E-state index in [4.69, 9.17) is 0 Å². The maximum absolute atomic E-state index is 13.3. The van der Waals surface area contributed by atoms with Crippen LogP contribution in [0.25, 0.3) is 10.9 Å². The van der Waals surface area contributed by atoms with Crippen molar-refractivity contribution in [2.45, 2.75) is 44.7 Å². The fourth-order valence-corrected chi connectivity index (χ4v) is 6.83. The van der Waals surface area contributed by atoms with Crippen molar-refractivity contribution in [3.63, 3.8) is 0 Å². The van der Waals surface area contributed by atoms with Crippen molar-refractivity contribution in [2.24, 2.45) is 0 Å². The predicted molar refractivity (Wildman–Crippen MR) is 166 cm³/mol. The standard InChI is InChI=1S/C32H29N5O3S/c38-29-27(35-21-5-1-2-6-21)28(30(29)39)37-15-12-19-17-22(9-10-26(19)37)36-32(40)31-25(13-16-41-31)34-18-20-11-14-33-24-8-4-3-7-23(20)24/h3-4,7-11,13-14,16-17,21,34-35H,1-2,5-6,12,15,18H2,(H,36,40). The molecule has 1 saturated carbocycles. The lowest BCUT2D eigenvalue weighted by atomic mass is 10.1. The van der Waals surface area contributed by atoms with Gasteiger partial charge in [-0.2, -0.15) is 0 Å². The Balaban J connectivity index is 1.05. The molecule has 0 saturated heterocycles. The predicted octanol–water partition coefficient (Wildman–Crippen LogP) is 5.81. The molecule has 1 amide bonds. The average Bonchev–Trinajstić information content (AvgIpc) is 3.77. The van der Waals surface area contributed by atoms with E-state index in [0.717, 1.165) is 65.5 Å². The van der Waals surface area contributed by atoms with Crippen molar-refractivity contribution in [3.05, 3.63) is 103 Å². The molecular formula is C32H29N5O3S. The molecule has 0 radical (unpaired) electrons. The van der Waals surface area contributed by atoms with Gasteiger partial charge in [-0.1, -0.05) is 31.0 Å². The van der Waals surface area contributed by atoms with Crippen LogP contribution >= 0.6 is 11.3 Å². The fraction of sp³-hybridized carbons (Fsp3) is 0.250. The summed E-state index contributed by atoms with van der Waals surface area (Å²) in [5.74, 6) is -0.178. The minimum absolute atomic E-state index is 0.178. The minimum atomic E-state index is -0.423. The first-order chi connectivity index (χ1) is 20.1. The molecule has 0 bridgehead atoms. The maximum atomic E-state index is 13.3. The Bertz CT molecular complexity index is 1840. The number of nitrogens with one attached hydrogen (secondary N) is 3. The molecule has 8 nitrogen and oxygen atoms in total.